The lowest BCUT2D eigenvalue weighted by molar-refractivity contribution is -0.192. The van der Waals surface area contributed by atoms with Gasteiger partial charge in [0.05, 0.1) is 12.1 Å². The van der Waals surface area contributed by atoms with Crippen LogP contribution in [0.1, 0.15) is 60.8 Å². The normalized spacial score (nSPS) is 18.5. The van der Waals surface area contributed by atoms with Crippen molar-refractivity contribution < 1.29 is 32.7 Å². The molecule has 0 bridgehead atoms. The van der Waals surface area contributed by atoms with Crippen LogP contribution in [0, 0.1) is 0 Å². The van der Waals surface area contributed by atoms with Crippen LogP contribution in [-0.2, 0) is 40.3 Å². The number of hydrogen-bond donors (Lipinski definition) is 3. The van der Waals surface area contributed by atoms with Gasteiger partial charge in [-0.1, -0.05) is 84.3 Å². The molecule has 3 heterocycles. The molecular formula is C39H44ClF3N4O4. The molecule has 0 aliphatic carbocycles. The first-order chi connectivity index (χ1) is 24.5. The van der Waals surface area contributed by atoms with Crippen molar-refractivity contribution in [3.05, 3.63) is 112 Å². The topological polar surface area (TPSA) is 102 Å². The van der Waals surface area contributed by atoms with E-state index in [4.69, 9.17) is 21.5 Å². The summed E-state index contributed by atoms with van der Waals surface area (Å²) < 4.78 is 31.7. The zero-order valence-corrected chi connectivity index (χ0v) is 29.2. The molecule has 2 atom stereocenters. The van der Waals surface area contributed by atoms with E-state index in [1.54, 1.807) is 0 Å². The molecule has 0 unspecified atom stereocenters. The number of nitrogens with one attached hydrogen (secondary N) is 2. The highest BCUT2D eigenvalue weighted by Gasteiger charge is 2.38. The van der Waals surface area contributed by atoms with E-state index in [1.165, 1.54) is 28.0 Å². The average molecular weight is 725 g/mol. The number of hydrogen-bond acceptors (Lipinski definition) is 5. The van der Waals surface area contributed by atoms with Gasteiger partial charge in [-0.3, -0.25) is 9.59 Å². The van der Waals surface area contributed by atoms with Gasteiger partial charge in [-0.25, -0.2) is 4.79 Å². The Morgan fingerprint density at radius 1 is 0.922 bits per heavy atom. The highest BCUT2D eigenvalue weighted by atomic mass is 35.5. The summed E-state index contributed by atoms with van der Waals surface area (Å²) in [5.74, 6) is -2.43. The Hall–Kier alpha value is -4.35. The molecule has 0 saturated carbocycles. The number of halogens is 4. The molecule has 3 aliphatic heterocycles. The van der Waals surface area contributed by atoms with Crippen molar-refractivity contribution in [2.45, 2.75) is 82.7 Å². The molecule has 8 nitrogen and oxygen atoms in total. The first-order valence-electron chi connectivity index (χ1n) is 17.4. The summed E-state index contributed by atoms with van der Waals surface area (Å²) in [5, 5.41) is 14.6. The molecule has 0 aromatic heterocycles. The van der Waals surface area contributed by atoms with Crippen LogP contribution in [0.25, 0.3) is 0 Å². The largest absolute Gasteiger partial charge is 0.490 e. The predicted octanol–water partition coefficient (Wildman–Crippen LogP) is 6.84. The van der Waals surface area contributed by atoms with Crippen LogP contribution in [0.2, 0.25) is 5.02 Å². The Balaban J connectivity index is 0.000000654. The second-order valence-corrected chi connectivity index (χ2v) is 13.7. The van der Waals surface area contributed by atoms with Crippen LogP contribution < -0.4 is 15.5 Å². The first-order valence-corrected chi connectivity index (χ1v) is 17.8. The Labute approximate surface area is 301 Å². The molecule has 3 aromatic rings. The van der Waals surface area contributed by atoms with Gasteiger partial charge in [-0.2, -0.15) is 13.2 Å². The SMILES string of the molecule is O=C(N[C@@H](C=C1CCN(c2ccccc2CN2CCCCCC2=O)CC1)Cc1ccc(Cl)cc1)[C@H]1Cc2ccccc2CN1.O=C(O)C(F)(F)F. The minimum atomic E-state index is -5.08. The maximum Gasteiger partial charge on any atom is 0.490 e. The van der Waals surface area contributed by atoms with E-state index >= 15 is 0 Å². The van der Waals surface area contributed by atoms with Crippen LogP contribution >= 0.6 is 11.6 Å². The highest BCUT2D eigenvalue weighted by Crippen LogP contribution is 2.29. The van der Waals surface area contributed by atoms with E-state index < -0.39 is 12.1 Å². The molecular weight excluding hydrogens is 681 g/mol. The van der Waals surface area contributed by atoms with E-state index in [1.807, 2.05) is 35.2 Å². The fourth-order valence-corrected chi connectivity index (χ4v) is 6.93. The van der Waals surface area contributed by atoms with Gasteiger partial charge in [0.15, 0.2) is 0 Å². The summed E-state index contributed by atoms with van der Waals surface area (Å²) in [5.41, 5.74) is 7.49. The van der Waals surface area contributed by atoms with Crippen LogP contribution in [-0.4, -0.2) is 65.7 Å². The number of alkyl halides is 3. The second kappa shape index (κ2) is 17.7. The number of carboxylic acid groups (broad SMARTS) is 1. The number of nitrogens with zero attached hydrogens (tertiary/aromatic N) is 2. The molecule has 0 spiro atoms. The molecule has 6 rings (SSSR count). The van der Waals surface area contributed by atoms with Gasteiger partial charge in [-0.15, -0.1) is 0 Å². The van der Waals surface area contributed by atoms with E-state index in [-0.39, 0.29) is 23.9 Å². The zero-order valence-electron chi connectivity index (χ0n) is 28.4. The first kappa shape index (κ1) is 37.9. The van der Waals surface area contributed by atoms with Gasteiger partial charge in [-0.05, 0) is 79.0 Å². The number of piperidine rings is 1. The van der Waals surface area contributed by atoms with Gasteiger partial charge < -0.3 is 25.5 Å². The van der Waals surface area contributed by atoms with Crippen molar-refractivity contribution in [2.75, 3.05) is 24.5 Å². The van der Waals surface area contributed by atoms with Crippen LogP contribution in [0.5, 0.6) is 0 Å². The quantitative estimate of drug-likeness (QED) is 0.220. The Morgan fingerprint density at radius 3 is 2.29 bits per heavy atom. The molecule has 51 heavy (non-hydrogen) atoms. The number of anilines is 1. The number of carboxylic acids is 1. The van der Waals surface area contributed by atoms with Crippen molar-refractivity contribution in [1.29, 1.82) is 0 Å². The minimum Gasteiger partial charge on any atom is -0.475 e. The molecule has 2 amide bonds. The second-order valence-electron chi connectivity index (χ2n) is 13.2. The Kier molecular flexibility index (Phi) is 13.2. The molecule has 0 radical (unpaired) electrons. The lowest BCUT2D eigenvalue weighted by atomic mass is 9.94. The third-order valence-corrected chi connectivity index (χ3v) is 9.80. The number of likely N-dealkylation sites (tertiary alicyclic amines) is 1. The number of para-hydroxylation sites is 1. The van der Waals surface area contributed by atoms with E-state index in [9.17, 15) is 22.8 Å². The lowest BCUT2D eigenvalue weighted by Crippen LogP contribution is -2.50. The number of fused-ring (bicyclic) bond motifs is 1. The highest BCUT2D eigenvalue weighted by molar-refractivity contribution is 6.30. The Bertz CT molecular complexity index is 1690. The maximum atomic E-state index is 13.5. The molecule has 2 saturated heterocycles. The average Bonchev–Trinajstić information content (AvgIpc) is 3.32. The van der Waals surface area contributed by atoms with Crippen molar-refractivity contribution in [2.24, 2.45) is 0 Å². The van der Waals surface area contributed by atoms with Gasteiger partial charge in [0, 0.05) is 49.9 Å². The summed E-state index contributed by atoms with van der Waals surface area (Å²) in [6.45, 7) is 4.08. The summed E-state index contributed by atoms with van der Waals surface area (Å²) in [7, 11) is 0. The number of carbonyl (C=O) groups is 3. The van der Waals surface area contributed by atoms with E-state index in [0.717, 1.165) is 57.3 Å². The minimum absolute atomic E-state index is 0.0461. The number of aliphatic carboxylic acids is 1. The molecule has 3 N–H and O–H groups in total. The summed E-state index contributed by atoms with van der Waals surface area (Å²) >= 11 is 6.16. The van der Waals surface area contributed by atoms with Crippen molar-refractivity contribution in [1.82, 2.24) is 15.5 Å². The molecule has 12 heteroatoms. The van der Waals surface area contributed by atoms with Gasteiger partial charge in [0.2, 0.25) is 11.8 Å². The van der Waals surface area contributed by atoms with Gasteiger partial charge >= 0.3 is 12.1 Å². The number of amides is 2. The van der Waals surface area contributed by atoms with Crippen molar-refractivity contribution in [3.8, 4) is 0 Å². The number of rotatable bonds is 8. The number of carbonyl (C=O) groups excluding carboxylic acids is 2. The molecule has 3 aromatic carbocycles. The zero-order chi connectivity index (χ0) is 36.4. The monoisotopic (exact) mass is 724 g/mol. The lowest BCUT2D eigenvalue weighted by Gasteiger charge is -2.34. The van der Waals surface area contributed by atoms with Gasteiger partial charge in [0.25, 0.3) is 0 Å². The number of benzene rings is 3. The van der Waals surface area contributed by atoms with E-state index in [2.05, 4.69) is 64.1 Å². The molecule has 3 aliphatic rings. The van der Waals surface area contributed by atoms with Crippen LogP contribution in [0.3, 0.4) is 0 Å². The molecule has 2 fully saturated rings. The van der Waals surface area contributed by atoms with E-state index in [0.29, 0.717) is 37.4 Å². The third-order valence-electron chi connectivity index (χ3n) is 9.54. The summed E-state index contributed by atoms with van der Waals surface area (Å²) in [4.78, 5) is 39.6. The van der Waals surface area contributed by atoms with Crippen molar-refractivity contribution >= 4 is 35.1 Å². The van der Waals surface area contributed by atoms with Crippen LogP contribution in [0.4, 0.5) is 18.9 Å². The van der Waals surface area contributed by atoms with Crippen molar-refractivity contribution in [3.63, 3.8) is 0 Å². The maximum absolute atomic E-state index is 13.5. The fraction of sp³-hybridized carbons (Fsp3) is 0.410. The van der Waals surface area contributed by atoms with Crippen LogP contribution in [0.15, 0.2) is 84.4 Å². The standard InChI is InChI=1S/C37H43ClN4O2.C2HF3O2/c38-32-15-13-27(14-16-32)22-33(40-37(44)34-24-29-8-3-4-9-30(29)25-39-34)23-28-17-20-41(21-18-28)35-11-6-5-10-31(35)26-42-19-7-1-2-12-36(42)43;3-2(4,5)1(6)7/h3-6,8-11,13-16,23,33-34,39H,1-2,7,12,17-22,24-26H2,(H,40,44);(H,6,7)/t33-,34-;/m1./s1. The summed E-state index contributed by atoms with van der Waals surface area (Å²) in [6.07, 6.45) is 4.40. The molecule has 272 valence electrons. The van der Waals surface area contributed by atoms with Gasteiger partial charge in [0.1, 0.15) is 0 Å². The predicted molar refractivity (Wildman–Crippen MR) is 191 cm³/mol. The smallest absolute Gasteiger partial charge is 0.475 e. The fourth-order valence-electron chi connectivity index (χ4n) is 6.80. The third kappa shape index (κ3) is 11.1. The Morgan fingerprint density at radius 2 is 1.59 bits per heavy atom. The summed E-state index contributed by atoms with van der Waals surface area (Å²) in [6, 6.07) is 24.5.